The molecule has 1 aromatic rings. The van der Waals surface area contributed by atoms with Gasteiger partial charge in [-0.3, -0.25) is 9.88 Å². The molecule has 1 aromatic heterocycles. The Balaban J connectivity index is 2.37. The summed E-state index contributed by atoms with van der Waals surface area (Å²) in [7, 11) is -3.14. The maximum absolute atomic E-state index is 12.0. The molecule has 0 aliphatic carbocycles. The number of aromatic nitrogens is 1. The highest BCUT2D eigenvalue weighted by Crippen LogP contribution is 2.30. The van der Waals surface area contributed by atoms with Crippen molar-refractivity contribution >= 4 is 21.6 Å². The standard InChI is InChI=1S/C13H21N3O2S2/c1-10(14)13(11-5-3-4-6-15-11)16-7-8-19-9-12(16)20(2,17)18/h3-6,10,12-13H,7-9,14H2,1-2H3. The van der Waals surface area contributed by atoms with Crippen molar-refractivity contribution in [1.29, 1.82) is 0 Å². The number of sulfone groups is 1. The molecule has 3 atom stereocenters. The minimum absolute atomic E-state index is 0.170. The molecule has 0 amide bonds. The molecule has 112 valence electrons. The van der Waals surface area contributed by atoms with E-state index in [1.54, 1.807) is 18.0 Å². The van der Waals surface area contributed by atoms with E-state index >= 15 is 0 Å². The van der Waals surface area contributed by atoms with E-state index in [9.17, 15) is 8.42 Å². The number of nitrogens with two attached hydrogens (primary N) is 1. The van der Waals surface area contributed by atoms with Gasteiger partial charge in [0.2, 0.25) is 0 Å². The van der Waals surface area contributed by atoms with Crippen LogP contribution < -0.4 is 5.73 Å². The van der Waals surface area contributed by atoms with Gasteiger partial charge in [-0.05, 0) is 19.1 Å². The molecule has 1 aliphatic rings. The molecule has 1 saturated heterocycles. The summed E-state index contributed by atoms with van der Waals surface area (Å²) < 4.78 is 24.1. The van der Waals surface area contributed by atoms with Crippen molar-refractivity contribution in [1.82, 2.24) is 9.88 Å². The zero-order valence-corrected chi connectivity index (χ0v) is 13.4. The van der Waals surface area contributed by atoms with E-state index in [0.29, 0.717) is 12.3 Å². The summed E-state index contributed by atoms with van der Waals surface area (Å²) in [5.41, 5.74) is 6.96. The van der Waals surface area contributed by atoms with Gasteiger partial charge in [-0.2, -0.15) is 11.8 Å². The molecular formula is C13H21N3O2S2. The largest absolute Gasteiger partial charge is 0.326 e. The van der Waals surface area contributed by atoms with Crippen molar-refractivity contribution < 1.29 is 8.42 Å². The van der Waals surface area contributed by atoms with Crippen LogP contribution in [0.15, 0.2) is 24.4 Å². The van der Waals surface area contributed by atoms with Crippen LogP contribution in [-0.2, 0) is 9.84 Å². The van der Waals surface area contributed by atoms with Crippen molar-refractivity contribution in [3.05, 3.63) is 30.1 Å². The van der Waals surface area contributed by atoms with Crippen LogP contribution in [-0.4, -0.2) is 54.0 Å². The van der Waals surface area contributed by atoms with Gasteiger partial charge < -0.3 is 5.73 Å². The second-order valence-corrected chi connectivity index (χ2v) is 8.51. The Morgan fingerprint density at radius 2 is 2.25 bits per heavy atom. The van der Waals surface area contributed by atoms with Gasteiger partial charge in [0.05, 0.1) is 11.7 Å². The first-order valence-corrected chi connectivity index (χ1v) is 9.71. The zero-order valence-electron chi connectivity index (χ0n) is 11.8. The van der Waals surface area contributed by atoms with E-state index in [1.807, 2.05) is 30.0 Å². The fraction of sp³-hybridized carbons (Fsp3) is 0.615. The molecule has 1 aliphatic heterocycles. The number of rotatable bonds is 4. The summed E-state index contributed by atoms with van der Waals surface area (Å²) in [6, 6.07) is 5.32. The average Bonchev–Trinajstić information content (AvgIpc) is 2.39. The summed E-state index contributed by atoms with van der Waals surface area (Å²) in [4.78, 5) is 6.37. The molecule has 2 N–H and O–H groups in total. The van der Waals surface area contributed by atoms with Crippen molar-refractivity contribution in [2.75, 3.05) is 24.3 Å². The van der Waals surface area contributed by atoms with E-state index in [1.165, 1.54) is 6.26 Å². The van der Waals surface area contributed by atoms with Gasteiger partial charge in [0.25, 0.3) is 0 Å². The van der Waals surface area contributed by atoms with Gasteiger partial charge in [-0.25, -0.2) is 8.42 Å². The second kappa shape index (κ2) is 6.43. The Bertz CT molecular complexity index is 534. The molecule has 5 nitrogen and oxygen atoms in total. The number of hydrogen-bond acceptors (Lipinski definition) is 6. The molecule has 0 aromatic carbocycles. The summed E-state index contributed by atoms with van der Waals surface area (Å²) in [5, 5.41) is -0.487. The summed E-state index contributed by atoms with van der Waals surface area (Å²) in [6.07, 6.45) is 3.02. The van der Waals surface area contributed by atoms with Gasteiger partial charge in [0.15, 0.2) is 9.84 Å². The monoisotopic (exact) mass is 315 g/mol. The highest BCUT2D eigenvalue weighted by molar-refractivity contribution is 8.00. The number of thioether (sulfide) groups is 1. The second-order valence-electron chi connectivity index (χ2n) is 5.16. The van der Waals surface area contributed by atoms with Crippen LogP contribution in [0.25, 0.3) is 0 Å². The normalized spacial score (nSPS) is 24.2. The van der Waals surface area contributed by atoms with E-state index in [0.717, 1.165) is 11.4 Å². The van der Waals surface area contributed by atoms with Crippen molar-refractivity contribution in [2.45, 2.75) is 24.4 Å². The molecule has 0 spiro atoms. The lowest BCUT2D eigenvalue weighted by atomic mass is 10.0. The first-order valence-electron chi connectivity index (χ1n) is 6.60. The fourth-order valence-corrected chi connectivity index (χ4v) is 5.48. The molecule has 0 bridgehead atoms. The Hall–Kier alpha value is -0.630. The number of pyridine rings is 1. The lowest BCUT2D eigenvalue weighted by Crippen LogP contribution is -2.52. The Morgan fingerprint density at radius 1 is 1.50 bits per heavy atom. The minimum atomic E-state index is -3.14. The van der Waals surface area contributed by atoms with Gasteiger partial charge in [-0.1, -0.05) is 6.07 Å². The molecule has 2 rings (SSSR count). The first-order chi connectivity index (χ1) is 9.41. The third-order valence-electron chi connectivity index (χ3n) is 3.46. The van der Waals surface area contributed by atoms with E-state index in [-0.39, 0.29) is 12.1 Å². The maximum atomic E-state index is 12.0. The summed E-state index contributed by atoms with van der Waals surface area (Å²) in [5.74, 6) is 1.51. The quantitative estimate of drug-likeness (QED) is 0.889. The third kappa shape index (κ3) is 3.52. The highest BCUT2D eigenvalue weighted by Gasteiger charge is 2.37. The lowest BCUT2D eigenvalue weighted by molar-refractivity contribution is 0.169. The van der Waals surface area contributed by atoms with Crippen molar-refractivity contribution in [3.63, 3.8) is 0 Å². The highest BCUT2D eigenvalue weighted by atomic mass is 32.2. The van der Waals surface area contributed by atoms with E-state index in [2.05, 4.69) is 4.98 Å². The Labute approximate surface area is 124 Å². The zero-order chi connectivity index (χ0) is 14.8. The van der Waals surface area contributed by atoms with Crippen LogP contribution >= 0.6 is 11.8 Å². The van der Waals surface area contributed by atoms with E-state index < -0.39 is 15.2 Å². The lowest BCUT2D eigenvalue weighted by Gasteiger charge is -2.41. The Morgan fingerprint density at radius 3 is 2.80 bits per heavy atom. The van der Waals surface area contributed by atoms with Crippen LogP contribution in [0.4, 0.5) is 0 Å². The maximum Gasteiger partial charge on any atom is 0.164 e. The fourth-order valence-electron chi connectivity index (χ4n) is 2.57. The van der Waals surface area contributed by atoms with Crippen LogP contribution in [0.3, 0.4) is 0 Å². The summed E-state index contributed by atoms with van der Waals surface area (Å²) >= 11 is 1.68. The predicted molar refractivity (Wildman–Crippen MR) is 83.3 cm³/mol. The average molecular weight is 315 g/mol. The van der Waals surface area contributed by atoms with Crippen LogP contribution in [0.2, 0.25) is 0 Å². The molecule has 3 unspecified atom stereocenters. The minimum Gasteiger partial charge on any atom is -0.326 e. The molecular weight excluding hydrogens is 294 g/mol. The first kappa shape index (κ1) is 15.8. The molecule has 0 radical (unpaired) electrons. The van der Waals surface area contributed by atoms with Gasteiger partial charge in [0, 0.05) is 36.5 Å². The third-order valence-corrected chi connectivity index (χ3v) is 6.12. The molecule has 1 fully saturated rings. The summed E-state index contributed by atoms with van der Waals surface area (Å²) in [6.45, 7) is 2.62. The van der Waals surface area contributed by atoms with Gasteiger partial charge in [-0.15, -0.1) is 0 Å². The van der Waals surface area contributed by atoms with Crippen molar-refractivity contribution in [3.8, 4) is 0 Å². The topological polar surface area (TPSA) is 76.3 Å². The Kier molecular flexibility index (Phi) is 5.06. The SMILES string of the molecule is CC(N)C(c1ccccn1)N1CCSCC1S(C)(=O)=O. The van der Waals surface area contributed by atoms with Crippen molar-refractivity contribution in [2.24, 2.45) is 5.73 Å². The van der Waals surface area contributed by atoms with Crippen LogP contribution in [0, 0.1) is 0 Å². The predicted octanol–water partition coefficient (Wildman–Crippen LogP) is 0.889. The van der Waals surface area contributed by atoms with Gasteiger partial charge in [0.1, 0.15) is 5.37 Å². The molecule has 7 heteroatoms. The number of hydrogen-bond donors (Lipinski definition) is 1. The number of nitrogens with zero attached hydrogens (tertiary/aromatic N) is 2. The smallest absolute Gasteiger partial charge is 0.164 e. The molecule has 20 heavy (non-hydrogen) atoms. The molecule has 2 heterocycles. The molecule has 0 saturated carbocycles. The van der Waals surface area contributed by atoms with Crippen LogP contribution in [0.1, 0.15) is 18.7 Å². The van der Waals surface area contributed by atoms with E-state index in [4.69, 9.17) is 5.73 Å². The van der Waals surface area contributed by atoms with Crippen LogP contribution in [0.5, 0.6) is 0 Å². The van der Waals surface area contributed by atoms with Gasteiger partial charge >= 0.3 is 0 Å².